The highest BCUT2D eigenvalue weighted by atomic mass is 19.1. The van der Waals surface area contributed by atoms with Crippen molar-refractivity contribution in [1.82, 2.24) is 20.3 Å². The molecule has 7 heteroatoms. The van der Waals surface area contributed by atoms with E-state index in [9.17, 15) is 14.0 Å². The minimum Gasteiger partial charge on any atom is -0.358 e. The zero-order valence-electron chi connectivity index (χ0n) is 19.2. The Morgan fingerprint density at radius 2 is 1.79 bits per heavy atom. The number of fused-ring (bicyclic) bond motifs is 1. The van der Waals surface area contributed by atoms with Gasteiger partial charge in [0, 0.05) is 29.1 Å². The summed E-state index contributed by atoms with van der Waals surface area (Å²) < 4.78 is 13.5. The number of aromatic nitrogens is 3. The molecule has 2 heterocycles. The van der Waals surface area contributed by atoms with Gasteiger partial charge in [0.15, 0.2) is 0 Å². The quantitative estimate of drug-likeness (QED) is 0.413. The first-order valence-electron chi connectivity index (χ1n) is 10.9. The van der Waals surface area contributed by atoms with Crippen LogP contribution in [0.1, 0.15) is 45.5 Å². The Hall–Kier alpha value is -3.74. The summed E-state index contributed by atoms with van der Waals surface area (Å²) in [5, 5.41) is 4.14. The van der Waals surface area contributed by atoms with E-state index in [1.54, 1.807) is 19.1 Å². The lowest BCUT2D eigenvalue weighted by molar-refractivity contribution is -0.121. The van der Waals surface area contributed by atoms with Gasteiger partial charge in [-0.2, -0.15) is 0 Å². The maximum absolute atomic E-state index is 13.5. The average molecular weight is 447 g/mol. The normalized spacial score (nSPS) is 12.2. The highest BCUT2D eigenvalue weighted by Gasteiger charge is 2.20. The first-order valence-corrected chi connectivity index (χ1v) is 10.9. The lowest BCUT2D eigenvalue weighted by Crippen LogP contribution is -2.32. The van der Waals surface area contributed by atoms with E-state index in [-0.39, 0.29) is 23.7 Å². The van der Waals surface area contributed by atoms with E-state index in [2.05, 4.69) is 32.4 Å². The van der Waals surface area contributed by atoms with Gasteiger partial charge in [0.25, 0.3) is 5.56 Å². The molecule has 4 rings (SSSR count). The van der Waals surface area contributed by atoms with Gasteiger partial charge in [-0.05, 0) is 68.1 Å². The molecule has 4 aromatic rings. The fourth-order valence-corrected chi connectivity index (χ4v) is 4.46. The molecule has 0 saturated carbocycles. The number of rotatable bonds is 6. The highest BCUT2D eigenvalue weighted by Crippen LogP contribution is 2.28. The monoisotopic (exact) mass is 446 g/mol. The van der Waals surface area contributed by atoms with Crippen LogP contribution in [0.2, 0.25) is 0 Å². The van der Waals surface area contributed by atoms with Crippen molar-refractivity contribution in [3.8, 4) is 0 Å². The second kappa shape index (κ2) is 9.02. The van der Waals surface area contributed by atoms with Crippen molar-refractivity contribution in [1.29, 1.82) is 0 Å². The highest BCUT2D eigenvalue weighted by molar-refractivity contribution is 5.92. The number of benzene rings is 2. The fourth-order valence-electron chi connectivity index (χ4n) is 4.46. The van der Waals surface area contributed by atoms with Crippen molar-refractivity contribution in [2.45, 2.75) is 46.6 Å². The number of H-pyrrole nitrogens is 2. The van der Waals surface area contributed by atoms with Crippen molar-refractivity contribution in [2.24, 2.45) is 0 Å². The molecule has 0 spiro atoms. The molecule has 2 aromatic carbocycles. The third-order valence-corrected chi connectivity index (χ3v) is 5.83. The van der Waals surface area contributed by atoms with Crippen LogP contribution in [0.4, 0.5) is 4.39 Å². The van der Waals surface area contributed by atoms with E-state index in [0.29, 0.717) is 17.9 Å². The Bertz CT molecular complexity index is 1390. The van der Waals surface area contributed by atoms with Crippen LogP contribution in [0.25, 0.3) is 10.9 Å². The van der Waals surface area contributed by atoms with Gasteiger partial charge in [-0.3, -0.25) is 9.59 Å². The van der Waals surface area contributed by atoms with Crippen LogP contribution >= 0.6 is 0 Å². The molecule has 1 atom stereocenters. The number of hydrogen-bond donors (Lipinski definition) is 3. The third kappa shape index (κ3) is 5.03. The zero-order chi connectivity index (χ0) is 23.7. The van der Waals surface area contributed by atoms with Crippen LogP contribution in [0.5, 0.6) is 0 Å². The predicted molar refractivity (Wildman–Crippen MR) is 127 cm³/mol. The van der Waals surface area contributed by atoms with E-state index in [0.717, 1.165) is 38.9 Å². The van der Waals surface area contributed by atoms with Crippen molar-refractivity contribution >= 4 is 16.8 Å². The third-order valence-electron chi connectivity index (χ3n) is 5.83. The Morgan fingerprint density at radius 3 is 2.48 bits per heavy atom. The number of nitrogens with zero attached hydrogens (tertiary/aromatic N) is 1. The zero-order valence-corrected chi connectivity index (χ0v) is 19.2. The number of aryl methyl sites for hydroxylation is 4. The molecular formula is C26H27FN4O2. The molecule has 170 valence electrons. The van der Waals surface area contributed by atoms with Gasteiger partial charge in [0.1, 0.15) is 11.6 Å². The summed E-state index contributed by atoms with van der Waals surface area (Å²) in [6, 6.07) is 11.2. The number of aromatic amines is 2. The second-order valence-electron chi connectivity index (χ2n) is 8.61. The summed E-state index contributed by atoms with van der Waals surface area (Å²) in [6.45, 7) is 7.77. The molecule has 0 radical (unpaired) electrons. The summed E-state index contributed by atoms with van der Waals surface area (Å²) >= 11 is 0. The first kappa shape index (κ1) is 22.5. The van der Waals surface area contributed by atoms with Crippen molar-refractivity contribution in [2.75, 3.05) is 0 Å². The molecular weight excluding hydrogens is 419 g/mol. The molecule has 6 nitrogen and oxygen atoms in total. The number of amides is 1. The minimum atomic E-state index is -0.458. The summed E-state index contributed by atoms with van der Waals surface area (Å²) in [5.74, 6) is -0.00845. The summed E-state index contributed by atoms with van der Waals surface area (Å²) in [5.41, 5.74) is 6.27. The molecule has 3 N–H and O–H groups in total. The maximum Gasteiger partial charge on any atom is 0.251 e. The van der Waals surface area contributed by atoms with E-state index in [1.165, 1.54) is 18.2 Å². The number of carbonyl (C=O) groups is 1. The van der Waals surface area contributed by atoms with Crippen LogP contribution in [-0.4, -0.2) is 20.9 Å². The van der Waals surface area contributed by atoms with Crippen LogP contribution in [0, 0.1) is 33.5 Å². The first-order chi connectivity index (χ1) is 15.7. The smallest absolute Gasteiger partial charge is 0.251 e. The lowest BCUT2D eigenvalue weighted by atomic mass is 9.99. The number of carbonyl (C=O) groups excluding carboxylic acids is 1. The molecule has 0 bridgehead atoms. The second-order valence-corrected chi connectivity index (χ2v) is 8.61. The number of hydrogen-bond acceptors (Lipinski definition) is 3. The largest absolute Gasteiger partial charge is 0.358 e. The van der Waals surface area contributed by atoms with Crippen molar-refractivity contribution in [3.63, 3.8) is 0 Å². The molecule has 0 saturated heterocycles. The molecule has 33 heavy (non-hydrogen) atoms. The summed E-state index contributed by atoms with van der Waals surface area (Å²) in [4.78, 5) is 35.5. The standard InChI is InChI=1S/C26H27FN4O2/c1-14-9-15(2)26-21(16(3)28-23(26)10-14)13-25(33)31-22(18-5-7-19(27)8-6-18)11-20-12-24(32)30-17(4)29-20/h5-10,12,22,28H,11,13H2,1-4H3,(H,31,33)(H,29,30,32)/t22-/m1/s1. The minimum absolute atomic E-state index is 0.158. The maximum atomic E-state index is 13.5. The molecule has 0 unspecified atom stereocenters. The number of nitrogens with one attached hydrogen (secondary N) is 3. The molecule has 0 aliphatic rings. The SMILES string of the molecule is Cc1cc(C)c2c(CC(=O)N[C@H](Cc3cc(=O)[nH]c(C)n3)c3ccc(F)cc3)c(C)[nH]c2c1. The summed E-state index contributed by atoms with van der Waals surface area (Å²) in [7, 11) is 0. The Morgan fingerprint density at radius 1 is 1.06 bits per heavy atom. The van der Waals surface area contributed by atoms with E-state index in [1.807, 2.05) is 20.8 Å². The van der Waals surface area contributed by atoms with Crippen molar-refractivity contribution < 1.29 is 9.18 Å². The van der Waals surface area contributed by atoms with E-state index >= 15 is 0 Å². The van der Waals surface area contributed by atoms with E-state index < -0.39 is 6.04 Å². The topological polar surface area (TPSA) is 90.6 Å². The van der Waals surface area contributed by atoms with Crippen molar-refractivity contribution in [3.05, 3.63) is 98.1 Å². The van der Waals surface area contributed by atoms with Gasteiger partial charge < -0.3 is 15.3 Å². The van der Waals surface area contributed by atoms with Gasteiger partial charge in [-0.15, -0.1) is 0 Å². The van der Waals surface area contributed by atoms with E-state index in [4.69, 9.17) is 0 Å². The van der Waals surface area contributed by atoms with Crippen LogP contribution in [0.15, 0.2) is 47.3 Å². The average Bonchev–Trinajstić information content (AvgIpc) is 3.02. The molecule has 0 aliphatic heterocycles. The lowest BCUT2D eigenvalue weighted by Gasteiger charge is -2.19. The summed E-state index contributed by atoms with van der Waals surface area (Å²) in [6.07, 6.45) is 0.516. The van der Waals surface area contributed by atoms with Gasteiger partial charge in [-0.25, -0.2) is 9.37 Å². The van der Waals surface area contributed by atoms with Gasteiger partial charge in [-0.1, -0.05) is 18.2 Å². The van der Waals surface area contributed by atoms with Gasteiger partial charge >= 0.3 is 0 Å². The Labute approximate surface area is 191 Å². The van der Waals surface area contributed by atoms with Crippen LogP contribution < -0.4 is 10.9 Å². The van der Waals surface area contributed by atoms with Gasteiger partial charge in [0.2, 0.25) is 5.91 Å². The van der Waals surface area contributed by atoms with Crippen LogP contribution in [0.3, 0.4) is 0 Å². The molecule has 0 aliphatic carbocycles. The molecule has 2 aromatic heterocycles. The predicted octanol–water partition coefficient (Wildman–Crippen LogP) is 4.27. The number of halogens is 1. The molecule has 0 fully saturated rings. The van der Waals surface area contributed by atoms with Crippen LogP contribution in [-0.2, 0) is 17.6 Å². The molecule has 1 amide bonds. The Balaban J connectivity index is 1.63. The van der Waals surface area contributed by atoms with Gasteiger partial charge in [0.05, 0.1) is 18.2 Å². The Kier molecular flexibility index (Phi) is 6.14. The fraction of sp³-hybridized carbons (Fsp3) is 0.269.